The van der Waals surface area contributed by atoms with Crippen LogP contribution in [0.1, 0.15) is 39.0 Å². The highest BCUT2D eigenvalue weighted by atomic mass is 16.2. The average Bonchev–Trinajstić information content (AvgIpc) is 2.77. The number of nitrogens with two attached hydrogens (primary N) is 1. The number of anilines is 1. The van der Waals surface area contributed by atoms with Crippen molar-refractivity contribution >= 4 is 11.9 Å². The monoisotopic (exact) mass is 251 g/mol. The van der Waals surface area contributed by atoms with Crippen molar-refractivity contribution in [3.8, 4) is 0 Å². The largest absolute Gasteiger partial charge is 0.367 e. The molecule has 6 nitrogen and oxygen atoms in total. The molecule has 1 fully saturated rings. The number of aromatic nitrogens is 3. The minimum Gasteiger partial charge on any atom is -0.367 e. The number of hydrogen-bond donors (Lipinski definition) is 1. The number of carbonyl (C=O) groups is 1. The number of likely N-dealkylation sites (N-methyl/N-ethyl adjacent to an activating group) is 1. The maximum absolute atomic E-state index is 12.2. The van der Waals surface area contributed by atoms with Crippen LogP contribution in [0.25, 0.3) is 0 Å². The standard InChI is InChI=1S/C12H21N5O/c1-2-17(10-6-4-3-5-7-10)11(18)8-16-9-14-12(13)15-16/h9-10H,2-8H2,1H3,(H2,13,15). The SMILES string of the molecule is CCN(C(=O)Cn1cnc(N)n1)C1CCCCC1. The lowest BCUT2D eigenvalue weighted by Crippen LogP contribution is -2.43. The van der Waals surface area contributed by atoms with Gasteiger partial charge in [0.15, 0.2) is 0 Å². The summed E-state index contributed by atoms with van der Waals surface area (Å²) in [6.07, 6.45) is 7.50. The van der Waals surface area contributed by atoms with Crippen molar-refractivity contribution in [2.75, 3.05) is 12.3 Å². The van der Waals surface area contributed by atoms with Crippen molar-refractivity contribution in [3.63, 3.8) is 0 Å². The fourth-order valence-electron chi connectivity index (χ4n) is 2.65. The van der Waals surface area contributed by atoms with Crippen LogP contribution in [0.4, 0.5) is 5.95 Å². The molecule has 1 amide bonds. The Morgan fingerprint density at radius 3 is 2.78 bits per heavy atom. The summed E-state index contributed by atoms with van der Waals surface area (Å²) in [5.74, 6) is 0.317. The van der Waals surface area contributed by atoms with E-state index in [1.165, 1.54) is 30.3 Å². The molecule has 0 spiro atoms. The number of carbonyl (C=O) groups excluding carboxylic acids is 1. The summed E-state index contributed by atoms with van der Waals surface area (Å²) in [6, 6.07) is 0.400. The van der Waals surface area contributed by atoms with Gasteiger partial charge in [-0.2, -0.15) is 0 Å². The van der Waals surface area contributed by atoms with E-state index in [0.29, 0.717) is 6.04 Å². The van der Waals surface area contributed by atoms with Crippen LogP contribution in [0.2, 0.25) is 0 Å². The molecule has 0 bridgehead atoms. The first-order chi connectivity index (χ1) is 8.70. The van der Waals surface area contributed by atoms with Crippen LogP contribution in [0.15, 0.2) is 6.33 Å². The summed E-state index contributed by atoms with van der Waals surface area (Å²) in [5.41, 5.74) is 5.44. The Morgan fingerprint density at radius 2 is 2.22 bits per heavy atom. The molecule has 1 aliphatic rings. The topological polar surface area (TPSA) is 77.0 Å². The van der Waals surface area contributed by atoms with Gasteiger partial charge in [-0.3, -0.25) is 4.79 Å². The van der Waals surface area contributed by atoms with Crippen LogP contribution in [0.3, 0.4) is 0 Å². The van der Waals surface area contributed by atoms with E-state index < -0.39 is 0 Å². The van der Waals surface area contributed by atoms with E-state index in [0.717, 1.165) is 19.4 Å². The lowest BCUT2D eigenvalue weighted by atomic mass is 9.94. The molecule has 2 N–H and O–H groups in total. The third-order valence-corrected chi connectivity index (χ3v) is 3.53. The third-order valence-electron chi connectivity index (χ3n) is 3.53. The van der Waals surface area contributed by atoms with Gasteiger partial charge in [-0.15, -0.1) is 5.10 Å². The lowest BCUT2D eigenvalue weighted by molar-refractivity contribution is -0.134. The summed E-state index contributed by atoms with van der Waals surface area (Å²) in [7, 11) is 0. The van der Waals surface area contributed by atoms with Gasteiger partial charge in [0.25, 0.3) is 0 Å². The third kappa shape index (κ3) is 3.00. The zero-order valence-corrected chi connectivity index (χ0v) is 10.9. The highest BCUT2D eigenvalue weighted by molar-refractivity contribution is 5.76. The average molecular weight is 251 g/mol. The Labute approximate surface area is 107 Å². The molecule has 0 saturated heterocycles. The molecule has 1 aromatic heterocycles. The predicted molar refractivity (Wildman–Crippen MR) is 68.7 cm³/mol. The Kier molecular flexibility index (Phi) is 4.17. The maximum atomic E-state index is 12.2. The zero-order valence-electron chi connectivity index (χ0n) is 10.9. The number of rotatable bonds is 4. The van der Waals surface area contributed by atoms with Crippen LogP contribution >= 0.6 is 0 Å². The van der Waals surface area contributed by atoms with Gasteiger partial charge in [0.1, 0.15) is 12.9 Å². The van der Waals surface area contributed by atoms with Crippen molar-refractivity contribution in [2.24, 2.45) is 0 Å². The summed E-state index contributed by atoms with van der Waals surface area (Å²) >= 11 is 0. The molecule has 0 atom stereocenters. The number of hydrogen-bond acceptors (Lipinski definition) is 4. The summed E-state index contributed by atoms with van der Waals surface area (Å²) < 4.78 is 1.50. The van der Waals surface area contributed by atoms with Gasteiger partial charge in [0.05, 0.1) is 0 Å². The van der Waals surface area contributed by atoms with E-state index in [1.807, 2.05) is 11.8 Å². The number of nitrogen functional groups attached to an aromatic ring is 1. The fourth-order valence-corrected chi connectivity index (χ4v) is 2.65. The van der Waals surface area contributed by atoms with Crippen LogP contribution in [0, 0.1) is 0 Å². The first-order valence-corrected chi connectivity index (χ1v) is 6.65. The van der Waals surface area contributed by atoms with Crippen LogP contribution < -0.4 is 5.73 Å². The number of nitrogens with zero attached hydrogens (tertiary/aromatic N) is 4. The molecule has 6 heteroatoms. The van der Waals surface area contributed by atoms with Gasteiger partial charge in [-0.05, 0) is 19.8 Å². The Morgan fingerprint density at radius 1 is 1.50 bits per heavy atom. The normalized spacial score (nSPS) is 16.7. The van der Waals surface area contributed by atoms with Crippen molar-refractivity contribution in [3.05, 3.63) is 6.33 Å². The second kappa shape index (κ2) is 5.84. The van der Waals surface area contributed by atoms with Crippen molar-refractivity contribution < 1.29 is 4.79 Å². The highest BCUT2D eigenvalue weighted by Crippen LogP contribution is 2.22. The van der Waals surface area contributed by atoms with E-state index in [2.05, 4.69) is 10.1 Å². The molecule has 100 valence electrons. The number of amides is 1. The molecule has 0 radical (unpaired) electrons. The Balaban J connectivity index is 1.96. The van der Waals surface area contributed by atoms with Crippen molar-refractivity contribution in [1.82, 2.24) is 19.7 Å². The maximum Gasteiger partial charge on any atom is 0.244 e. The second-order valence-corrected chi connectivity index (χ2v) is 4.77. The minimum absolute atomic E-state index is 0.106. The summed E-state index contributed by atoms with van der Waals surface area (Å²) in [4.78, 5) is 18.0. The summed E-state index contributed by atoms with van der Waals surface area (Å²) in [5, 5.41) is 3.95. The van der Waals surface area contributed by atoms with Crippen LogP contribution in [-0.2, 0) is 11.3 Å². The molecule has 0 unspecified atom stereocenters. The highest BCUT2D eigenvalue weighted by Gasteiger charge is 2.24. The van der Waals surface area contributed by atoms with E-state index >= 15 is 0 Å². The van der Waals surface area contributed by atoms with E-state index in [9.17, 15) is 4.79 Å². The van der Waals surface area contributed by atoms with Gasteiger partial charge in [-0.1, -0.05) is 19.3 Å². The smallest absolute Gasteiger partial charge is 0.244 e. The van der Waals surface area contributed by atoms with Crippen molar-refractivity contribution in [1.29, 1.82) is 0 Å². The summed E-state index contributed by atoms with van der Waals surface area (Å²) in [6.45, 7) is 3.02. The molecule has 1 heterocycles. The second-order valence-electron chi connectivity index (χ2n) is 4.77. The molecule has 18 heavy (non-hydrogen) atoms. The van der Waals surface area contributed by atoms with E-state index in [4.69, 9.17) is 5.73 Å². The molecule has 0 aromatic carbocycles. The molecule has 0 aliphatic heterocycles. The van der Waals surface area contributed by atoms with Gasteiger partial charge in [-0.25, -0.2) is 9.67 Å². The van der Waals surface area contributed by atoms with E-state index in [-0.39, 0.29) is 18.4 Å². The Hall–Kier alpha value is -1.59. The van der Waals surface area contributed by atoms with Gasteiger partial charge in [0.2, 0.25) is 11.9 Å². The van der Waals surface area contributed by atoms with Crippen molar-refractivity contribution in [2.45, 2.75) is 51.6 Å². The van der Waals surface area contributed by atoms with Crippen LogP contribution in [-0.4, -0.2) is 38.2 Å². The van der Waals surface area contributed by atoms with Crippen LogP contribution in [0.5, 0.6) is 0 Å². The quantitative estimate of drug-likeness (QED) is 0.867. The van der Waals surface area contributed by atoms with Gasteiger partial charge >= 0.3 is 0 Å². The minimum atomic E-state index is 0.106. The molecule has 2 rings (SSSR count). The van der Waals surface area contributed by atoms with Gasteiger partial charge in [0, 0.05) is 12.6 Å². The molecule has 1 aliphatic carbocycles. The molecule has 1 saturated carbocycles. The Bertz CT molecular complexity index is 397. The molecular weight excluding hydrogens is 230 g/mol. The first kappa shape index (κ1) is 12.9. The first-order valence-electron chi connectivity index (χ1n) is 6.65. The molecule has 1 aromatic rings. The lowest BCUT2D eigenvalue weighted by Gasteiger charge is -2.33. The van der Waals surface area contributed by atoms with E-state index in [1.54, 1.807) is 0 Å². The predicted octanol–water partition coefficient (Wildman–Crippen LogP) is 1.04. The zero-order chi connectivity index (χ0) is 13.0. The molecular formula is C12H21N5O. The fraction of sp³-hybridized carbons (Fsp3) is 0.750. The van der Waals surface area contributed by atoms with Gasteiger partial charge < -0.3 is 10.6 Å².